The van der Waals surface area contributed by atoms with Crippen molar-refractivity contribution in [3.63, 3.8) is 0 Å². The molecule has 0 spiro atoms. The maximum atomic E-state index is 13.1. The lowest BCUT2D eigenvalue weighted by molar-refractivity contribution is -0.137. The highest BCUT2D eigenvalue weighted by Gasteiger charge is 2.33. The first-order chi connectivity index (χ1) is 15.1. The number of carbonyl (C=O) groups is 2. The molecule has 0 aliphatic heterocycles. The number of rotatable bonds is 6. The molecule has 2 amide bonds. The van der Waals surface area contributed by atoms with Crippen LogP contribution in [-0.2, 0) is 22.3 Å². The van der Waals surface area contributed by atoms with E-state index in [-0.39, 0.29) is 24.2 Å². The minimum atomic E-state index is -4.62. The van der Waals surface area contributed by atoms with Crippen molar-refractivity contribution in [1.29, 1.82) is 0 Å². The predicted octanol–water partition coefficient (Wildman–Crippen LogP) is 3.21. The summed E-state index contributed by atoms with van der Waals surface area (Å²) in [6, 6.07) is 9.85. The predicted molar refractivity (Wildman–Crippen MR) is 113 cm³/mol. The van der Waals surface area contributed by atoms with Gasteiger partial charge in [0.2, 0.25) is 11.8 Å². The zero-order chi connectivity index (χ0) is 23.5. The highest BCUT2D eigenvalue weighted by Crippen LogP contribution is 2.34. The molecule has 32 heavy (non-hydrogen) atoms. The number of carbonyl (C=O) groups excluding carboxylic acids is 2. The Hall–Kier alpha value is -3.69. The van der Waals surface area contributed by atoms with Gasteiger partial charge in [-0.1, -0.05) is 24.3 Å². The third-order valence-corrected chi connectivity index (χ3v) is 4.93. The molecule has 0 unspecified atom stereocenters. The van der Waals surface area contributed by atoms with Crippen LogP contribution in [0.15, 0.2) is 53.6 Å². The minimum absolute atomic E-state index is 0.0530. The van der Waals surface area contributed by atoms with Crippen molar-refractivity contribution < 1.29 is 22.8 Å². The Morgan fingerprint density at radius 3 is 2.56 bits per heavy atom. The van der Waals surface area contributed by atoms with E-state index >= 15 is 0 Å². The van der Waals surface area contributed by atoms with Gasteiger partial charge < -0.3 is 10.2 Å². The number of nitrogens with one attached hydrogen (secondary N) is 1. The summed E-state index contributed by atoms with van der Waals surface area (Å²) < 4.78 is 40.5. The second-order valence-electron chi connectivity index (χ2n) is 7.31. The van der Waals surface area contributed by atoms with Gasteiger partial charge in [-0.25, -0.2) is 4.98 Å². The Balaban J connectivity index is 1.61. The third-order valence-electron chi connectivity index (χ3n) is 4.93. The van der Waals surface area contributed by atoms with Crippen molar-refractivity contribution in [2.24, 2.45) is 0 Å². The first kappa shape index (κ1) is 23.0. The zero-order valence-corrected chi connectivity index (χ0v) is 17.4. The van der Waals surface area contributed by atoms with Gasteiger partial charge in [-0.2, -0.15) is 13.2 Å². The van der Waals surface area contributed by atoms with E-state index in [1.807, 2.05) is 13.0 Å². The van der Waals surface area contributed by atoms with E-state index in [0.717, 1.165) is 22.6 Å². The summed E-state index contributed by atoms with van der Waals surface area (Å²) in [5, 5.41) is 2.63. The minimum Gasteiger partial charge on any atom is -0.336 e. The van der Waals surface area contributed by atoms with Crippen LogP contribution >= 0.6 is 0 Å². The molecule has 0 bridgehead atoms. The number of likely N-dealkylation sites (N-methyl/N-ethyl adjacent to an activating group) is 1. The molecule has 0 saturated carbocycles. The van der Waals surface area contributed by atoms with Crippen LogP contribution in [0.25, 0.3) is 10.9 Å². The van der Waals surface area contributed by atoms with E-state index in [1.165, 1.54) is 30.1 Å². The number of halogens is 3. The number of hydrogen-bond acceptors (Lipinski definition) is 4. The number of anilines is 1. The molecule has 7 nitrogen and oxygen atoms in total. The fourth-order valence-electron chi connectivity index (χ4n) is 3.24. The maximum Gasteiger partial charge on any atom is 0.418 e. The van der Waals surface area contributed by atoms with E-state index in [1.54, 1.807) is 12.1 Å². The summed E-state index contributed by atoms with van der Waals surface area (Å²) in [4.78, 5) is 42.5. The number of amides is 2. The largest absolute Gasteiger partial charge is 0.418 e. The molecule has 3 aromatic rings. The van der Waals surface area contributed by atoms with Crippen LogP contribution in [0.5, 0.6) is 0 Å². The van der Waals surface area contributed by atoms with Crippen LogP contribution in [0, 0.1) is 6.92 Å². The molecular weight excluding hydrogens is 425 g/mol. The molecule has 0 radical (unpaired) electrons. The third kappa shape index (κ3) is 5.13. The number of aryl methyl sites for hydroxylation is 2. The Morgan fingerprint density at radius 2 is 1.84 bits per heavy atom. The average molecular weight is 446 g/mol. The molecule has 1 aromatic heterocycles. The molecule has 0 saturated heterocycles. The van der Waals surface area contributed by atoms with Gasteiger partial charge in [-0.05, 0) is 30.7 Å². The molecule has 10 heteroatoms. The SMILES string of the molecule is Cc1cccc2c(=O)n(CCC(=O)N(C)CC(=O)Nc3ccccc3C(F)(F)F)cnc12. The molecule has 2 aromatic carbocycles. The zero-order valence-electron chi connectivity index (χ0n) is 17.4. The summed E-state index contributed by atoms with van der Waals surface area (Å²) in [6.45, 7) is 1.46. The second kappa shape index (κ2) is 9.21. The lowest BCUT2D eigenvalue weighted by Crippen LogP contribution is -2.36. The second-order valence-corrected chi connectivity index (χ2v) is 7.31. The fourth-order valence-corrected chi connectivity index (χ4v) is 3.24. The van der Waals surface area contributed by atoms with Gasteiger partial charge >= 0.3 is 6.18 Å². The molecule has 0 atom stereocenters. The average Bonchev–Trinajstić information content (AvgIpc) is 2.73. The quantitative estimate of drug-likeness (QED) is 0.630. The van der Waals surface area contributed by atoms with Gasteiger partial charge in [0.05, 0.1) is 35.0 Å². The number of alkyl halides is 3. The highest BCUT2D eigenvalue weighted by atomic mass is 19.4. The molecule has 3 rings (SSSR count). The van der Waals surface area contributed by atoms with Crippen molar-refractivity contribution >= 4 is 28.4 Å². The maximum absolute atomic E-state index is 13.1. The molecule has 168 valence electrons. The van der Waals surface area contributed by atoms with E-state index in [2.05, 4.69) is 10.3 Å². The molecule has 1 heterocycles. The Kier molecular flexibility index (Phi) is 6.61. The van der Waals surface area contributed by atoms with Crippen molar-refractivity contribution in [2.75, 3.05) is 18.9 Å². The topological polar surface area (TPSA) is 84.3 Å². The molecule has 0 fully saturated rings. The van der Waals surface area contributed by atoms with Crippen LogP contribution < -0.4 is 10.9 Å². The molecule has 1 N–H and O–H groups in total. The van der Waals surface area contributed by atoms with Crippen LogP contribution in [0.3, 0.4) is 0 Å². The summed E-state index contributed by atoms with van der Waals surface area (Å²) in [7, 11) is 1.36. The summed E-state index contributed by atoms with van der Waals surface area (Å²) >= 11 is 0. The van der Waals surface area contributed by atoms with Crippen molar-refractivity contribution in [3.05, 3.63) is 70.3 Å². The monoisotopic (exact) mass is 446 g/mol. The van der Waals surface area contributed by atoms with Crippen molar-refractivity contribution in [2.45, 2.75) is 26.1 Å². The number of aromatic nitrogens is 2. The van der Waals surface area contributed by atoms with E-state index in [4.69, 9.17) is 0 Å². The van der Waals surface area contributed by atoms with E-state index in [9.17, 15) is 27.6 Å². The Morgan fingerprint density at radius 1 is 1.12 bits per heavy atom. The molecule has 0 aliphatic carbocycles. The molecule has 0 aliphatic rings. The fraction of sp³-hybridized carbons (Fsp3) is 0.273. The normalized spacial score (nSPS) is 11.4. The summed E-state index contributed by atoms with van der Waals surface area (Å²) in [5.41, 5.74) is -0.181. The first-order valence-corrected chi connectivity index (χ1v) is 9.72. The lowest BCUT2D eigenvalue weighted by atomic mass is 10.1. The van der Waals surface area contributed by atoms with Crippen LogP contribution in [0.4, 0.5) is 18.9 Å². The first-order valence-electron chi connectivity index (χ1n) is 9.72. The number of hydrogen-bond donors (Lipinski definition) is 1. The highest BCUT2D eigenvalue weighted by molar-refractivity contribution is 5.95. The van der Waals surface area contributed by atoms with Crippen LogP contribution in [-0.4, -0.2) is 39.9 Å². The van der Waals surface area contributed by atoms with Crippen molar-refractivity contribution in [1.82, 2.24) is 14.5 Å². The summed E-state index contributed by atoms with van der Waals surface area (Å²) in [5.74, 6) is -1.21. The van der Waals surface area contributed by atoms with Gasteiger partial charge in [-0.3, -0.25) is 19.0 Å². The lowest BCUT2D eigenvalue weighted by Gasteiger charge is -2.18. The van der Waals surface area contributed by atoms with Gasteiger partial charge in [-0.15, -0.1) is 0 Å². The number of fused-ring (bicyclic) bond motifs is 1. The Bertz CT molecular complexity index is 1220. The summed E-state index contributed by atoms with van der Waals surface area (Å²) in [6.07, 6.45) is -3.33. The van der Waals surface area contributed by atoms with Crippen LogP contribution in [0.1, 0.15) is 17.5 Å². The van der Waals surface area contributed by atoms with Gasteiger partial charge in [0, 0.05) is 20.0 Å². The number of benzene rings is 2. The smallest absolute Gasteiger partial charge is 0.336 e. The molecular formula is C22H21F3N4O3. The van der Waals surface area contributed by atoms with Crippen LogP contribution in [0.2, 0.25) is 0 Å². The van der Waals surface area contributed by atoms with E-state index < -0.39 is 30.1 Å². The van der Waals surface area contributed by atoms with Gasteiger partial charge in [0.25, 0.3) is 5.56 Å². The van der Waals surface area contributed by atoms with Gasteiger partial charge in [0.15, 0.2) is 0 Å². The van der Waals surface area contributed by atoms with E-state index in [0.29, 0.717) is 10.9 Å². The standard InChI is InChI=1S/C22H21F3N4O3/c1-14-6-5-7-15-20(14)26-13-29(21(15)32)11-10-19(31)28(2)12-18(30)27-17-9-4-3-8-16(17)22(23,24)25/h3-9,13H,10-12H2,1-2H3,(H,27,30). The van der Waals surface area contributed by atoms with Crippen molar-refractivity contribution in [3.8, 4) is 0 Å². The van der Waals surface area contributed by atoms with Gasteiger partial charge in [0.1, 0.15) is 0 Å². The number of para-hydroxylation sites is 2. The Labute approximate surface area is 181 Å². The number of nitrogens with zero attached hydrogens (tertiary/aromatic N) is 3.